The first-order chi connectivity index (χ1) is 18.9. The zero-order valence-electron chi connectivity index (χ0n) is 22.0. The third kappa shape index (κ3) is 5.13. The molecule has 5 nitrogen and oxygen atoms in total. The lowest BCUT2D eigenvalue weighted by Gasteiger charge is -2.37. The lowest BCUT2D eigenvalue weighted by molar-refractivity contribution is 0.357. The molecule has 2 aliphatic heterocycles. The largest absolute Gasteiger partial charge is 0.370 e. The monoisotopic (exact) mass is 575 g/mol. The summed E-state index contributed by atoms with van der Waals surface area (Å²) >= 11 is 19.3. The van der Waals surface area contributed by atoms with Crippen LogP contribution < -0.4 is 15.1 Å². The van der Waals surface area contributed by atoms with Gasteiger partial charge in [0, 0.05) is 47.6 Å². The molecule has 2 fully saturated rings. The van der Waals surface area contributed by atoms with Crippen molar-refractivity contribution in [2.45, 2.75) is 32.4 Å². The van der Waals surface area contributed by atoms with Crippen molar-refractivity contribution in [1.82, 2.24) is 14.9 Å². The van der Waals surface area contributed by atoms with E-state index in [4.69, 9.17) is 40.4 Å². The van der Waals surface area contributed by atoms with Crippen molar-refractivity contribution in [3.8, 4) is 5.69 Å². The van der Waals surface area contributed by atoms with E-state index in [1.54, 1.807) is 0 Å². The molecule has 4 aromatic rings. The standard InChI is InChI=1S/C31H31Cl2N5S/c1-20-15-21(2)19-36(18-20)27-12-11-24(17-25(27)33)38-30(29(35-31(38)39)26-9-3-4-13-34-26)28-10-6-14-37(28)23-8-5-7-22(32)16-23/h3-14,16-17,20-21,29-30H,15,18-19H2,1-2H3,(H,35,39)/t20-,21-,29+,30+/m1/s1. The Morgan fingerprint density at radius 1 is 0.897 bits per heavy atom. The molecule has 2 aromatic carbocycles. The Kier molecular flexibility index (Phi) is 7.27. The van der Waals surface area contributed by atoms with Crippen molar-refractivity contribution in [1.29, 1.82) is 0 Å². The van der Waals surface area contributed by atoms with Crippen LogP contribution in [0.25, 0.3) is 5.69 Å². The van der Waals surface area contributed by atoms with Gasteiger partial charge in [0.1, 0.15) is 6.04 Å². The maximum atomic E-state index is 6.99. The van der Waals surface area contributed by atoms with Crippen LogP contribution in [0.2, 0.25) is 10.0 Å². The molecule has 4 heterocycles. The molecule has 0 saturated carbocycles. The average Bonchev–Trinajstić information content (AvgIpc) is 3.53. The maximum absolute atomic E-state index is 6.99. The van der Waals surface area contributed by atoms with E-state index < -0.39 is 0 Å². The Morgan fingerprint density at radius 2 is 1.72 bits per heavy atom. The van der Waals surface area contributed by atoms with Gasteiger partial charge in [-0.3, -0.25) is 4.98 Å². The fraction of sp³-hybridized carbons (Fsp3) is 0.290. The molecule has 2 aromatic heterocycles. The summed E-state index contributed by atoms with van der Waals surface area (Å²) in [4.78, 5) is 9.28. The predicted molar refractivity (Wildman–Crippen MR) is 165 cm³/mol. The molecule has 0 amide bonds. The van der Waals surface area contributed by atoms with Crippen LogP contribution in [-0.2, 0) is 0 Å². The minimum atomic E-state index is -0.168. The van der Waals surface area contributed by atoms with Gasteiger partial charge < -0.3 is 19.7 Å². The van der Waals surface area contributed by atoms with Crippen LogP contribution in [0, 0.1) is 11.8 Å². The van der Waals surface area contributed by atoms with Crippen molar-refractivity contribution >= 4 is 51.9 Å². The lowest BCUT2D eigenvalue weighted by atomic mass is 9.91. The van der Waals surface area contributed by atoms with E-state index in [0.717, 1.165) is 46.6 Å². The van der Waals surface area contributed by atoms with Gasteiger partial charge in [0.15, 0.2) is 5.11 Å². The molecule has 0 unspecified atom stereocenters. The highest BCUT2D eigenvalue weighted by atomic mass is 35.5. The van der Waals surface area contributed by atoms with Gasteiger partial charge in [0.05, 0.1) is 22.4 Å². The van der Waals surface area contributed by atoms with Gasteiger partial charge in [-0.25, -0.2) is 0 Å². The number of anilines is 2. The minimum Gasteiger partial charge on any atom is -0.370 e. The van der Waals surface area contributed by atoms with E-state index in [2.05, 4.69) is 76.1 Å². The van der Waals surface area contributed by atoms with Crippen LogP contribution in [0.15, 0.2) is 85.2 Å². The van der Waals surface area contributed by atoms with Crippen LogP contribution in [0.4, 0.5) is 11.4 Å². The zero-order valence-corrected chi connectivity index (χ0v) is 24.3. The molecule has 1 N–H and O–H groups in total. The number of thiocarbonyl (C=S) groups is 1. The van der Waals surface area contributed by atoms with Crippen molar-refractivity contribution in [3.63, 3.8) is 0 Å². The van der Waals surface area contributed by atoms with Gasteiger partial charge in [-0.2, -0.15) is 0 Å². The molecule has 2 saturated heterocycles. The Labute approximate surface area is 245 Å². The first kappa shape index (κ1) is 26.2. The van der Waals surface area contributed by atoms with Crippen molar-refractivity contribution in [2.75, 3.05) is 22.9 Å². The average molecular weight is 577 g/mol. The fourth-order valence-corrected chi connectivity index (χ4v) is 7.02. The van der Waals surface area contributed by atoms with Gasteiger partial charge in [0.2, 0.25) is 0 Å². The third-order valence-corrected chi connectivity index (χ3v) is 8.54. The summed E-state index contributed by atoms with van der Waals surface area (Å²) in [5.74, 6) is 1.28. The van der Waals surface area contributed by atoms with E-state index in [0.29, 0.717) is 22.0 Å². The number of pyridine rings is 1. The summed E-state index contributed by atoms with van der Waals surface area (Å²) in [6.45, 7) is 6.67. The topological polar surface area (TPSA) is 36.3 Å². The Balaban J connectivity index is 1.43. The van der Waals surface area contributed by atoms with Gasteiger partial charge in [0.25, 0.3) is 0 Å². The van der Waals surface area contributed by atoms with E-state index in [1.807, 2.05) is 42.6 Å². The number of nitrogens with one attached hydrogen (secondary N) is 1. The molecular formula is C31H31Cl2N5S. The van der Waals surface area contributed by atoms with Gasteiger partial charge in [-0.1, -0.05) is 49.2 Å². The molecule has 0 spiro atoms. The molecule has 2 aliphatic rings. The van der Waals surface area contributed by atoms with Crippen LogP contribution in [-0.4, -0.2) is 27.8 Å². The molecule has 39 heavy (non-hydrogen) atoms. The summed E-state index contributed by atoms with van der Waals surface area (Å²) in [6, 6.07) is 24.1. The molecule has 0 bridgehead atoms. The summed E-state index contributed by atoms with van der Waals surface area (Å²) in [5.41, 5.74) is 5.00. The van der Waals surface area contributed by atoms with Crippen molar-refractivity contribution in [3.05, 3.63) is 107 Å². The first-order valence-corrected chi connectivity index (χ1v) is 14.5. The number of aromatic nitrogens is 2. The number of hydrogen-bond acceptors (Lipinski definition) is 3. The fourth-order valence-electron chi connectivity index (χ4n) is 6.19. The van der Waals surface area contributed by atoms with Crippen LogP contribution >= 0.6 is 35.4 Å². The van der Waals surface area contributed by atoms with Crippen molar-refractivity contribution < 1.29 is 0 Å². The molecule has 6 rings (SSSR count). The van der Waals surface area contributed by atoms with E-state index in [-0.39, 0.29) is 12.1 Å². The number of halogens is 2. The highest BCUT2D eigenvalue weighted by molar-refractivity contribution is 7.80. The molecule has 4 atom stereocenters. The Morgan fingerprint density at radius 3 is 2.44 bits per heavy atom. The summed E-state index contributed by atoms with van der Waals surface area (Å²) in [5, 5.41) is 5.62. The number of hydrogen-bond donors (Lipinski definition) is 1. The van der Waals surface area contributed by atoms with E-state index in [9.17, 15) is 0 Å². The van der Waals surface area contributed by atoms with Crippen LogP contribution in [0.5, 0.6) is 0 Å². The van der Waals surface area contributed by atoms with Gasteiger partial charge in [-0.15, -0.1) is 0 Å². The molecule has 200 valence electrons. The summed E-state index contributed by atoms with van der Waals surface area (Å²) in [6.07, 6.45) is 5.13. The molecule has 0 radical (unpaired) electrons. The molecule has 8 heteroatoms. The Bertz CT molecular complexity index is 1480. The maximum Gasteiger partial charge on any atom is 0.174 e. The second kappa shape index (κ2) is 10.8. The highest BCUT2D eigenvalue weighted by Crippen LogP contribution is 2.44. The lowest BCUT2D eigenvalue weighted by Crippen LogP contribution is -2.38. The van der Waals surface area contributed by atoms with E-state index in [1.165, 1.54) is 6.42 Å². The number of rotatable bonds is 5. The second-order valence-corrected chi connectivity index (χ2v) is 12.0. The quantitative estimate of drug-likeness (QED) is 0.245. The highest BCUT2D eigenvalue weighted by Gasteiger charge is 2.42. The number of nitrogens with zero attached hydrogens (tertiary/aromatic N) is 4. The summed E-state index contributed by atoms with van der Waals surface area (Å²) in [7, 11) is 0. The van der Waals surface area contributed by atoms with Gasteiger partial charge >= 0.3 is 0 Å². The van der Waals surface area contributed by atoms with Crippen molar-refractivity contribution in [2.24, 2.45) is 11.8 Å². The smallest absolute Gasteiger partial charge is 0.174 e. The second-order valence-electron chi connectivity index (χ2n) is 10.8. The minimum absolute atomic E-state index is 0.159. The summed E-state index contributed by atoms with van der Waals surface area (Å²) < 4.78 is 2.17. The Hall–Kier alpha value is -3.06. The zero-order chi connectivity index (χ0) is 27.1. The number of piperidine rings is 1. The SMILES string of the molecule is C[C@@H]1C[C@@H](C)CN(c2ccc(N3C(=S)N[C@@H](c4ccccn4)[C@@H]3c3cccn3-c3cccc(Cl)c3)cc2Cl)C1. The van der Waals surface area contributed by atoms with Gasteiger partial charge in [-0.05, 0) is 91.1 Å². The molecular weight excluding hydrogens is 545 g/mol. The first-order valence-electron chi connectivity index (χ1n) is 13.4. The van der Waals surface area contributed by atoms with E-state index >= 15 is 0 Å². The normalized spacial score (nSPS) is 23.2. The van der Waals surface area contributed by atoms with Crippen LogP contribution in [0.1, 0.15) is 43.7 Å². The number of benzene rings is 2. The van der Waals surface area contributed by atoms with Crippen LogP contribution in [0.3, 0.4) is 0 Å². The molecule has 0 aliphatic carbocycles. The predicted octanol–water partition coefficient (Wildman–Crippen LogP) is 7.84. The third-order valence-electron chi connectivity index (χ3n) is 7.69.